The van der Waals surface area contributed by atoms with E-state index in [0.717, 1.165) is 16.1 Å². The van der Waals surface area contributed by atoms with Gasteiger partial charge in [0.25, 0.3) is 0 Å². The molecule has 28 heavy (non-hydrogen) atoms. The zero-order valence-electron chi connectivity index (χ0n) is 16.4. The molecule has 1 atom stereocenters. The van der Waals surface area contributed by atoms with Gasteiger partial charge in [-0.2, -0.15) is 0 Å². The molecular formula is C20H25ClN2O4S. The topological polar surface area (TPSA) is 75.7 Å². The lowest BCUT2D eigenvalue weighted by atomic mass is 10.2. The fourth-order valence-corrected chi connectivity index (χ4v) is 4.12. The summed E-state index contributed by atoms with van der Waals surface area (Å²) in [6.45, 7) is 5.82. The summed E-state index contributed by atoms with van der Waals surface area (Å²) in [5.74, 6) is 0.289. The molecule has 1 unspecified atom stereocenters. The van der Waals surface area contributed by atoms with Crippen molar-refractivity contribution < 1.29 is 17.9 Å². The van der Waals surface area contributed by atoms with Gasteiger partial charge in [-0.25, -0.2) is 8.42 Å². The minimum absolute atomic E-state index is 0.253. The molecule has 0 saturated heterocycles. The number of halogens is 1. The maximum Gasteiger partial charge on any atom is 0.243 e. The van der Waals surface area contributed by atoms with Gasteiger partial charge in [0, 0.05) is 5.02 Å². The third-order valence-electron chi connectivity index (χ3n) is 4.19. The minimum Gasteiger partial charge on any atom is -0.492 e. The van der Waals surface area contributed by atoms with Crippen molar-refractivity contribution in [2.75, 3.05) is 23.7 Å². The molecule has 0 bridgehead atoms. The van der Waals surface area contributed by atoms with E-state index in [9.17, 15) is 13.2 Å². The second kappa shape index (κ2) is 9.30. The van der Waals surface area contributed by atoms with Crippen LogP contribution in [0.2, 0.25) is 5.02 Å². The van der Waals surface area contributed by atoms with E-state index >= 15 is 0 Å². The molecule has 0 heterocycles. The Morgan fingerprint density at radius 3 is 2.43 bits per heavy atom. The van der Waals surface area contributed by atoms with Crippen LogP contribution in [0.15, 0.2) is 42.5 Å². The standard InChI is InChI=1S/C20H25ClN2O4S/c1-14-5-9-18(10-6-14)27-12-11-22-20(24)16(3)23(28(4,25)26)19-13-17(21)8-7-15(19)2/h5-10,13,16H,11-12H2,1-4H3,(H,22,24). The van der Waals surface area contributed by atoms with Crippen molar-refractivity contribution in [3.63, 3.8) is 0 Å². The largest absolute Gasteiger partial charge is 0.492 e. The molecule has 0 saturated carbocycles. The highest BCUT2D eigenvalue weighted by atomic mass is 35.5. The number of nitrogens with one attached hydrogen (secondary N) is 1. The highest BCUT2D eigenvalue weighted by Gasteiger charge is 2.30. The Labute approximate surface area is 171 Å². The lowest BCUT2D eigenvalue weighted by Crippen LogP contribution is -2.48. The predicted octanol–water partition coefficient (Wildman–Crippen LogP) is 3.31. The number of carbonyl (C=O) groups excluding carboxylic acids is 1. The molecule has 0 aliphatic carbocycles. The predicted molar refractivity (Wildman–Crippen MR) is 113 cm³/mol. The fourth-order valence-electron chi connectivity index (χ4n) is 2.73. The Bertz CT molecular complexity index is 930. The maximum absolute atomic E-state index is 12.6. The minimum atomic E-state index is -3.70. The molecule has 0 spiro atoms. The first-order chi connectivity index (χ1) is 13.1. The van der Waals surface area contributed by atoms with Crippen molar-refractivity contribution in [2.24, 2.45) is 0 Å². The van der Waals surface area contributed by atoms with Gasteiger partial charge in [0.15, 0.2) is 0 Å². The SMILES string of the molecule is Cc1ccc(OCCNC(=O)C(C)N(c2cc(Cl)ccc2C)S(C)(=O)=O)cc1. The van der Waals surface area contributed by atoms with Crippen molar-refractivity contribution in [3.05, 3.63) is 58.6 Å². The van der Waals surface area contributed by atoms with Crippen LogP contribution in [0.5, 0.6) is 5.75 Å². The molecule has 0 aliphatic heterocycles. The Morgan fingerprint density at radius 1 is 1.18 bits per heavy atom. The van der Waals surface area contributed by atoms with Crippen molar-refractivity contribution in [2.45, 2.75) is 26.8 Å². The number of hydrogen-bond acceptors (Lipinski definition) is 4. The monoisotopic (exact) mass is 424 g/mol. The average molecular weight is 425 g/mol. The van der Waals surface area contributed by atoms with E-state index in [0.29, 0.717) is 22.0 Å². The third kappa shape index (κ3) is 5.87. The quantitative estimate of drug-likeness (QED) is 0.659. The molecular weight excluding hydrogens is 400 g/mol. The number of sulfonamides is 1. The first-order valence-corrected chi connectivity index (χ1v) is 11.0. The summed E-state index contributed by atoms with van der Waals surface area (Å²) in [4.78, 5) is 12.6. The van der Waals surface area contributed by atoms with Gasteiger partial charge in [0.05, 0.1) is 18.5 Å². The molecule has 1 N–H and O–H groups in total. The summed E-state index contributed by atoms with van der Waals surface area (Å²) < 4.78 is 31.4. The number of carbonyl (C=O) groups is 1. The van der Waals surface area contributed by atoms with E-state index in [1.165, 1.54) is 6.92 Å². The first-order valence-electron chi connectivity index (χ1n) is 8.82. The number of rotatable bonds is 8. The van der Waals surface area contributed by atoms with Gasteiger partial charge in [-0.1, -0.05) is 35.4 Å². The zero-order chi connectivity index (χ0) is 20.9. The van der Waals surface area contributed by atoms with E-state index < -0.39 is 22.0 Å². The number of anilines is 1. The molecule has 2 aromatic rings. The van der Waals surface area contributed by atoms with Gasteiger partial charge < -0.3 is 10.1 Å². The van der Waals surface area contributed by atoms with Crippen molar-refractivity contribution >= 4 is 33.2 Å². The molecule has 6 nitrogen and oxygen atoms in total. The number of aryl methyl sites for hydroxylation is 2. The number of benzene rings is 2. The van der Waals surface area contributed by atoms with Crippen LogP contribution in [-0.4, -0.2) is 39.8 Å². The summed E-state index contributed by atoms with van der Waals surface area (Å²) in [6.07, 6.45) is 1.07. The lowest BCUT2D eigenvalue weighted by Gasteiger charge is -2.29. The molecule has 8 heteroatoms. The van der Waals surface area contributed by atoms with Gasteiger partial charge >= 0.3 is 0 Å². The lowest BCUT2D eigenvalue weighted by molar-refractivity contribution is -0.121. The van der Waals surface area contributed by atoms with Crippen molar-refractivity contribution in [3.8, 4) is 5.75 Å². The molecule has 0 fully saturated rings. The van der Waals surface area contributed by atoms with Crippen molar-refractivity contribution in [1.82, 2.24) is 5.32 Å². The van der Waals surface area contributed by atoms with Gasteiger partial charge in [0.1, 0.15) is 18.4 Å². The molecule has 1 amide bonds. The van der Waals surface area contributed by atoms with Crippen LogP contribution in [0.3, 0.4) is 0 Å². The second-order valence-electron chi connectivity index (χ2n) is 6.62. The van der Waals surface area contributed by atoms with Crippen LogP contribution in [0.4, 0.5) is 5.69 Å². The van der Waals surface area contributed by atoms with Crippen LogP contribution in [0.25, 0.3) is 0 Å². The van der Waals surface area contributed by atoms with Crippen molar-refractivity contribution in [1.29, 1.82) is 0 Å². The molecule has 2 rings (SSSR count). The fraction of sp³-hybridized carbons (Fsp3) is 0.350. The molecule has 0 radical (unpaired) electrons. The number of nitrogens with zero attached hydrogens (tertiary/aromatic N) is 1. The van der Waals surface area contributed by atoms with Gasteiger partial charge in [-0.3, -0.25) is 9.10 Å². The Hall–Kier alpha value is -2.25. The van der Waals surface area contributed by atoms with Crippen LogP contribution in [-0.2, 0) is 14.8 Å². The van der Waals surface area contributed by atoms with Gasteiger partial charge in [0.2, 0.25) is 15.9 Å². The van der Waals surface area contributed by atoms with E-state index in [4.69, 9.17) is 16.3 Å². The van der Waals surface area contributed by atoms with E-state index in [-0.39, 0.29) is 13.2 Å². The van der Waals surface area contributed by atoms with Crippen LogP contribution < -0.4 is 14.4 Å². The summed E-state index contributed by atoms with van der Waals surface area (Å²) in [5, 5.41) is 3.11. The van der Waals surface area contributed by atoms with Crippen LogP contribution >= 0.6 is 11.6 Å². The smallest absolute Gasteiger partial charge is 0.243 e. The van der Waals surface area contributed by atoms with Gasteiger partial charge in [-0.05, 0) is 50.6 Å². The second-order valence-corrected chi connectivity index (χ2v) is 8.91. The summed E-state index contributed by atoms with van der Waals surface area (Å²) >= 11 is 6.03. The number of ether oxygens (including phenoxy) is 1. The van der Waals surface area contributed by atoms with E-state index in [1.807, 2.05) is 31.2 Å². The average Bonchev–Trinajstić information content (AvgIpc) is 2.62. The highest BCUT2D eigenvalue weighted by molar-refractivity contribution is 7.92. The summed E-state index contributed by atoms with van der Waals surface area (Å²) in [7, 11) is -3.70. The first kappa shape index (κ1) is 22.0. The van der Waals surface area contributed by atoms with E-state index in [2.05, 4.69) is 5.32 Å². The number of hydrogen-bond donors (Lipinski definition) is 1. The Morgan fingerprint density at radius 2 is 1.82 bits per heavy atom. The molecule has 2 aromatic carbocycles. The zero-order valence-corrected chi connectivity index (χ0v) is 18.0. The molecule has 0 aromatic heterocycles. The normalized spacial score (nSPS) is 12.3. The maximum atomic E-state index is 12.6. The van der Waals surface area contributed by atoms with E-state index in [1.54, 1.807) is 25.1 Å². The summed E-state index contributed by atoms with van der Waals surface area (Å²) in [5.41, 5.74) is 2.22. The Kier molecular flexibility index (Phi) is 7.32. The molecule has 152 valence electrons. The highest BCUT2D eigenvalue weighted by Crippen LogP contribution is 2.28. The summed E-state index contributed by atoms with van der Waals surface area (Å²) in [6, 6.07) is 11.6. The van der Waals surface area contributed by atoms with Crippen LogP contribution in [0, 0.1) is 13.8 Å². The third-order valence-corrected chi connectivity index (χ3v) is 5.65. The molecule has 0 aliphatic rings. The number of amides is 1. The Balaban J connectivity index is 2.03. The van der Waals surface area contributed by atoms with Gasteiger partial charge in [-0.15, -0.1) is 0 Å². The van der Waals surface area contributed by atoms with Crippen LogP contribution in [0.1, 0.15) is 18.1 Å².